The molecular weight excluding hydrogens is 352 g/mol. The van der Waals surface area contributed by atoms with E-state index in [1.54, 1.807) is 7.11 Å². The molecule has 2 fully saturated rings. The molecule has 26 heavy (non-hydrogen) atoms. The van der Waals surface area contributed by atoms with E-state index in [-0.39, 0.29) is 29.8 Å². The van der Waals surface area contributed by atoms with E-state index in [4.69, 9.17) is 4.74 Å². The summed E-state index contributed by atoms with van der Waals surface area (Å²) in [5, 5.41) is 3.31. The van der Waals surface area contributed by atoms with Gasteiger partial charge in [0.25, 0.3) is 0 Å². The lowest BCUT2D eigenvalue weighted by atomic mass is 9.97. The Morgan fingerprint density at radius 1 is 1.31 bits per heavy atom. The summed E-state index contributed by atoms with van der Waals surface area (Å²) in [7, 11) is 1.67. The van der Waals surface area contributed by atoms with Crippen molar-refractivity contribution < 1.29 is 9.53 Å². The Hall–Kier alpha value is -1.40. The van der Waals surface area contributed by atoms with Crippen molar-refractivity contribution in [1.82, 2.24) is 15.3 Å². The molecule has 0 bridgehead atoms. The highest BCUT2D eigenvalue weighted by Crippen LogP contribution is 2.46. The van der Waals surface area contributed by atoms with E-state index in [0.717, 1.165) is 56.1 Å². The maximum atomic E-state index is 12.7. The van der Waals surface area contributed by atoms with Crippen LogP contribution in [0.1, 0.15) is 44.0 Å². The number of hydrogen-bond donors (Lipinski definition) is 1. The number of amides is 1. The molecule has 2 atom stereocenters. The minimum absolute atomic E-state index is 0. The lowest BCUT2D eigenvalue weighted by Crippen LogP contribution is -2.45. The van der Waals surface area contributed by atoms with Gasteiger partial charge in [0, 0.05) is 31.6 Å². The third-order valence-corrected chi connectivity index (χ3v) is 5.43. The number of carbonyl (C=O) groups is 1. The molecule has 6 nitrogen and oxygen atoms in total. The van der Waals surface area contributed by atoms with Gasteiger partial charge in [-0.15, -0.1) is 12.4 Å². The SMILES string of the molecule is CCC[C@H]1CN(c2nc(C)cc(C)n2)C[C@@H]1NC(=O)C1(COC)CC1.Cl. The zero-order chi connectivity index (χ0) is 18.0. The molecule has 1 saturated heterocycles. The molecule has 2 heterocycles. The molecule has 2 aliphatic rings. The van der Waals surface area contributed by atoms with Crippen LogP contribution in [0.2, 0.25) is 0 Å². The zero-order valence-electron chi connectivity index (χ0n) is 16.2. The van der Waals surface area contributed by atoms with Gasteiger partial charge in [-0.1, -0.05) is 13.3 Å². The Morgan fingerprint density at radius 3 is 2.50 bits per heavy atom. The van der Waals surface area contributed by atoms with Gasteiger partial charge in [0.1, 0.15) is 0 Å². The van der Waals surface area contributed by atoms with E-state index >= 15 is 0 Å². The van der Waals surface area contributed by atoms with E-state index in [1.165, 1.54) is 0 Å². The minimum atomic E-state index is -0.282. The second-order valence-electron chi connectivity index (χ2n) is 7.70. The molecule has 1 aliphatic carbocycles. The number of halogens is 1. The summed E-state index contributed by atoms with van der Waals surface area (Å²) < 4.78 is 5.25. The maximum Gasteiger partial charge on any atom is 0.228 e. The summed E-state index contributed by atoms with van der Waals surface area (Å²) in [5.74, 6) is 1.38. The molecule has 146 valence electrons. The molecule has 1 aromatic rings. The van der Waals surface area contributed by atoms with E-state index in [1.807, 2.05) is 19.9 Å². The van der Waals surface area contributed by atoms with E-state index in [9.17, 15) is 4.79 Å². The van der Waals surface area contributed by atoms with Crippen LogP contribution >= 0.6 is 12.4 Å². The lowest BCUT2D eigenvalue weighted by Gasteiger charge is -2.22. The minimum Gasteiger partial charge on any atom is -0.384 e. The second-order valence-corrected chi connectivity index (χ2v) is 7.70. The fraction of sp³-hybridized carbons (Fsp3) is 0.737. The molecule has 1 saturated carbocycles. The van der Waals surface area contributed by atoms with E-state index in [0.29, 0.717) is 12.5 Å². The summed E-state index contributed by atoms with van der Waals surface area (Å²) in [6.45, 7) is 8.40. The predicted octanol–water partition coefficient (Wildman–Crippen LogP) is 2.66. The molecule has 1 N–H and O–H groups in total. The molecule has 0 radical (unpaired) electrons. The Bertz CT molecular complexity index is 616. The third-order valence-electron chi connectivity index (χ3n) is 5.43. The van der Waals surface area contributed by atoms with Crippen molar-refractivity contribution >= 4 is 24.3 Å². The number of methoxy groups -OCH3 is 1. The van der Waals surface area contributed by atoms with E-state index < -0.39 is 0 Å². The van der Waals surface area contributed by atoms with Gasteiger partial charge in [-0.3, -0.25) is 4.79 Å². The van der Waals surface area contributed by atoms with Gasteiger partial charge in [-0.05, 0) is 45.1 Å². The first kappa shape index (κ1) is 20.9. The van der Waals surface area contributed by atoms with Gasteiger partial charge < -0.3 is 15.0 Å². The molecule has 3 rings (SSSR count). The van der Waals surface area contributed by atoms with Crippen molar-refractivity contribution in [3.05, 3.63) is 17.5 Å². The Morgan fingerprint density at radius 2 is 1.96 bits per heavy atom. The topological polar surface area (TPSA) is 67.4 Å². The fourth-order valence-corrected chi connectivity index (χ4v) is 3.90. The number of carbonyl (C=O) groups excluding carboxylic acids is 1. The van der Waals surface area contributed by atoms with Gasteiger partial charge in [0.15, 0.2) is 0 Å². The number of nitrogens with zero attached hydrogens (tertiary/aromatic N) is 3. The number of rotatable bonds is 7. The summed E-state index contributed by atoms with van der Waals surface area (Å²) in [5.41, 5.74) is 1.69. The molecule has 1 aliphatic heterocycles. The van der Waals surface area contributed by atoms with Crippen molar-refractivity contribution in [1.29, 1.82) is 0 Å². The Balaban J connectivity index is 0.00000243. The number of hydrogen-bond acceptors (Lipinski definition) is 5. The highest BCUT2D eigenvalue weighted by atomic mass is 35.5. The average molecular weight is 383 g/mol. The van der Waals surface area contributed by atoms with Crippen LogP contribution in [0.25, 0.3) is 0 Å². The van der Waals surface area contributed by atoms with Crippen LogP contribution < -0.4 is 10.2 Å². The van der Waals surface area contributed by atoms with Gasteiger partial charge in [0.2, 0.25) is 11.9 Å². The second kappa shape index (κ2) is 8.53. The molecular formula is C19H31ClN4O2. The first-order valence-corrected chi connectivity index (χ1v) is 9.34. The van der Waals surface area contributed by atoms with Gasteiger partial charge in [-0.2, -0.15) is 0 Å². The normalized spacial score (nSPS) is 23.5. The predicted molar refractivity (Wildman–Crippen MR) is 105 cm³/mol. The standard InChI is InChI=1S/C19H30N4O2.ClH/c1-5-6-15-10-23(18-20-13(2)9-14(3)21-18)11-16(15)22-17(24)19(7-8-19)12-25-4;/h9,15-16H,5-8,10-12H2,1-4H3,(H,22,24);1H/t15-,16-;/m0./s1. The average Bonchev–Trinajstić information content (AvgIpc) is 3.23. The van der Waals surface area contributed by atoms with Crippen molar-refractivity contribution in [3.8, 4) is 0 Å². The molecule has 1 amide bonds. The van der Waals surface area contributed by atoms with Crippen LogP contribution in [0, 0.1) is 25.2 Å². The molecule has 1 aromatic heterocycles. The highest BCUT2D eigenvalue weighted by molar-refractivity contribution is 5.86. The highest BCUT2D eigenvalue weighted by Gasteiger charge is 2.51. The molecule has 0 spiro atoms. The molecule has 7 heteroatoms. The van der Waals surface area contributed by atoms with Crippen LogP contribution in [0.15, 0.2) is 6.07 Å². The smallest absolute Gasteiger partial charge is 0.228 e. The van der Waals surface area contributed by atoms with Gasteiger partial charge in [-0.25, -0.2) is 9.97 Å². The first-order valence-electron chi connectivity index (χ1n) is 9.34. The number of aromatic nitrogens is 2. The van der Waals surface area contributed by atoms with Crippen LogP contribution in [0.3, 0.4) is 0 Å². The number of ether oxygens (including phenoxy) is 1. The fourth-order valence-electron chi connectivity index (χ4n) is 3.90. The van der Waals surface area contributed by atoms with E-state index in [2.05, 4.69) is 27.1 Å². The van der Waals surface area contributed by atoms with Crippen molar-refractivity contribution in [2.45, 2.75) is 52.5 Å². The molecule has 0 unspecified atom stereocenters. The van der Waals surface area contributed by atoms with Crippen molar-refractivity contribution in [2.24, 2.45) is 11.3 Å². The number of nitrogens with one attached hydrogen (secondary N) is 1. The molecule has 0 aromatic carbocycles. The van der Waals surface area contributed by atoms with Crippen molar-refractivity contribution in [3.63, 3.8) is 0 Å². The van der Waals surface area contributed by atoms with Gasteiger partial charge >= 0.3 is 0 Å². The number of aryl methyl sites for hydroxylation is 2. The summed E-state index contributed by atoms with van der Waals surface area (Å²) >= 11 is 0. The monoisotopic (exact) mass is 382 g/mol. The quantitative estimate of drug-likeness (QED) is 0.785. The summed E-state index contributed by atoms with van der Waals surface area (Å²) in [6, 6.07) is 2.15. The van der Waals surface area contributed by atoms with Crippen LogP contribution in [-0.2, 0) is 9.53 Å². The van der Waals surface area contributed by atoms with Gasteiger partial charge in [0.05, 0.1) is 18.1 Å². The maximum absolute atomic E-state index is 12.7. The largest absolute Gasteiger partial charge is 0.384 e. The zero-order valence-corrected chi connectivity index (χ0v) is 17.1. The lowest BCUT2D eigenvalue weighted by molar-refractivity contribution is -0.129. The van der Waals surface area contributed by atoms with Crippen LogP contribution in [0.5, 0.6) is 0 Å². The first-order chi connectivity index (χ1) is 12.0. The summed E-state index contributed by atoms with van der Waals surface area (Å²) in [4.78, 5) is 24.2. The summed E-state index contributed by atoms with van der Waals surface area (Å²) in [6.07, 6.45) is 4.08. The van der Waals surface area contributed by atoms with Crippen LogP contribution in [-0.4, -0.2) is 48.7 Å². The number of anilines is 1. The van der Waals surface area contributed by atoms with Crippen molar-refractivity contribution in [2.75, 3.05) is 31.7 Å². The third kappa shape index (κ3) is 4.46. The van der Waals surface area contributed by atoms with Crippen LogP contribution in [0.4, 0.5) is 5.95 Å². The Kier molecular flexibility index (Phi) is 6.86. The Labute approximate surface area is 162 Å².